The highest BCUT2D eigenvalue weighted by molar-refractivity contribution is 5.96. The Labute approximate surface area is 147 Å². The normalized spacial score (nSPS) is 10.5. The second-order valence-corrected chi connectivity index (χ2v) is 5.44. The summed E-state index contributed by atoms with van der Waals surface area (Å²) in [5.74, 6) is -0.899. The van der Waals surface area contributed by atoms with Crippen molar-refractivity contribution in [3.05, 3.63) is 74.6 Å². The van der Waals surface area contributed by atoms with Gasteiger partial charge in [-0.15, -0.1) is 0 Å². The van der Waals surface area contributed by atoms with Gasteiger partial charge in [0.05, 0.1) is 23.1 Å². The SMILES string of the molecule is COc1c(OC(=O)c2ccccc2)c2ccc([N+](=O)[O-])cc2n(C)c1=O. The van der Waals surface area contributed by atoms with Crippen LogP contribution in [-0.2, 0) is 7.05 Å². The van der Waals surface area contributed by atoms with Crippen LogP contribution >= 0.6 is 0 Å². The number of methoxy groups -OCH3 is 1. The van der Waals surface area contributed by atoms with E-state index >= 15 is 0 Å². The van der Waals surface area contributed by atoms with Crippen LogP contribution in [0.5, 0.6) is 11.5 Å². The van der Waals surface area contributed by atoms with Crippen molar-refractivity contribution in [1.29, 1.82) is 0 Å². The van der Waals surface area contributed by atoms with Crippen molar-refractivity contribution in [2.75, 3.05) is 7.11 Å². The van der Waals surface area contributed by atoms with Gasteiger partial charge in [0.25, 0.3) is 11.2 Å². The van der Waals surface area contributed by atoms with Crippen LogP contribution in [0.15, 0.2) is 53.3 Å². The largest absolute Gasteiger partial charge is 0.488 e. The third-order valence-corrected chi connectivity index (χ3v) is 3.91. The summed E-state index contributed by atoms with van der Waals surface area (Å²) in [6, 6.07) is 12.2. The number of nitrogens with zero attached hydrogens (tertiary/aromatic N) is 2. The van der Waals surface area contributed by atoms with Gasteiger partial charge >= 0.3 is 5.97 Å². The second-order valence-electron chi connectivity index (χ2n) is 5.44. The maximum absolute atomic E-state index is 12.5. The minimum Gasteiger partial charge on any atom is -0.488 e. The van der Waals surface area contributed by atoms with Crippen molar-refractivity contribution in [2.24, 2.45) is 7.05 Å². The number of aryl methyl sites for hydroxylation is 1. The third-order valence-electron chi connectivity index (χ3n) is 3.91. The predicted octanol–water partition coefficient (Wildman–Crippen LogP) is 2.67. The quantitative estimate of drug-likeness (QED) is 0.406. The average molecular weight is 354 g/mol. The number of aromatic nitrogens is 1. The van der Waals surface area contributed by atoms with Crippen LogP contribution in [0.3, 0.4) is 0 Å². The van der Waals surface area contributed by atoms with Gasteiger partial charge in [0.2, 0.25) is 5.75 Å². The molecule has 2 aromatic carbocycles. The number of nitro benzene ring substituents is 1. The van der Waals surface area contributed by atoms with Crippen LogP contribution < -0.4 is 15.0 Å². The molecule has 0 unspecified atom stereocenters. The fourth-order valence-electron chi connectivity index (χ4n) is 2.59. The van der Waals surface area contributed by atoms with E-state index in [1.54, 1.807) is 30.3 Å². The summed E-state index contributed by atoms with van der Waals surface area (Å²) >= 11 is 0. The molecule has 3 aromatic rings. The van der Waals surface area contributed by atoms with Gasteiger partial charge in [-0.3, -0.25) is 14.9 Å². The molecule has 0 radical (unpaired) electrons. The molecule has 0 saturated heterocycles. The maximum Gasteiger partial charge on any atom is 0.343 e. The fraction of sp³-hybridized carbons (Fsp3) is 0.111. The number of carbonyl (C=O) groups excluding carboxylic acids is 1. The van der Waals surface area contributed by atoms with E-state index in [1.807, 2.05) is 0 Å². The number of fused-ring (bicyclic) bond motifs is 1. The van der Waals surface area contributed by atoms with Crippen molar-refractivity contribution in [2.45, 2.75) is 0 Å². The lowest BCUT2D eigenvalue weighted by Gasteiger charge is -2.14. The number of benzene rings is 2. The van der Waals surface area contributed by atoms with Gasteiger partial charge in [-0.05, 0) is 18.2 Å². The molecule has 8 nitrogen and oxygen atoms in total. The summed E-state index contributed by atoms with van der Waals surface area (Å²) in [6.45, 7) is 0. The van der Waals surface area contributed by atoms with E-state index < -0.39 is 16.5 Å². The lowest BCUT2D eigenvalue weighted by Crippen LogP contribution is -2.21. The summed E-state index contributed by atoms with van der Waals surface area (Å²) in [4.78, 5) is 35.4. The summed E-state index contributed by atoms with van der Waals surface area (Å²) in [6.07, 6.45) is 0. The number of non-ortho nitro benzene ring substituents is 1. The standard InChI is InChI=1S/C18H14N2O6/c1-19-14-10-12(20(23)24)8-9-13(14)15(16(25-2)17(19)21)26-18(22)11-6-4-3-5-7-11/h3-10H,1-2H3. The molecule has 0 fully saturated rings. The van der Waals surface area contributed by atoms with Crippen molar-refractivity contribution < 1.29 is 19.2 Å². The van der Waals surface area contributed by atoms with E-state index in [9.17, 15) is 19.7 Å². The first kappa shape index (κ1) is 17.2. The Balaban J connectivity index is 2.22. The number of hydrogen-bond acceptors (Lipinski definition) is 6. The maximum atomic E-state index is 12.5. The molecular weight excluding hydrogens is 340 g/mol. The minimum atomic E-state index is -0.670. The molecule has 1 heterocycles. The first-order chi connectivity index (χ1) is 12.4. The number of esters is 1. The highest BCUT2D eigenvalue weighted by atomic mass is 16.6. The molecule has 0 aliphatic rings. The van der Waals surface area contributed by atoms with Crippen LogP contribution in [0.1, 0.15) is 10.4 Å². The van der Waals surface area contributed by atoms with Crippen molar-refractivity contribution in [3.8, 4) is 11.5 Å². The molecule has 0 bridgehead atoms. The summed E-state index contributed by atoms with van der Waals surface area (Å²) in [5, 5.41) is 11.4. The number of carbonyl (C=O) groups is 1. The molecule has 26 heavy (non-hydrogen) atoms. The number of pyridine rings is 1. The summed E-state index contributed by atoms with van der Waals surface area (Å²) in [7, 11) is 2.74. The topological polar surface area (TPSA) is 101 Å². The Morgan fingerprint density at radius 2 is 1.81 bits per heavy atom. The van der Waals surface area contributed by atoms with E-state index in [-0.39, 0.29) is 22.7 Å². The molecule has 1 aromatic heterocycles. The fourth-order valence-corrected chi connectivity index (χ4v) is 2.59. The van der Waals surface area contributed by atoms with Crippen molar-refractivity contribution in [1.82, 2.24) is 4.57 Å². The first-order valence-corrected chi connectivity index (χ1v) is 7.56. The average Bonchev–Trinajstić information content (AvgIpc) is 2.66. The van der Waals surface area contributed by atoms with E-state index in [0.717, 1.165) is 0 Å². The molecule has 0 saturated carbocycles. The highest BCUT2D eigenvalue weighted by Crippen LogP contribution is 2.34. The smallest absolute Gasteiger partial charge is 0.343 e. The molecule has 3 rings (SSSR count). The van der Waals surface area contributed by atoms with Crippen LogP contribution in [-0.4, -0.2) is 22.6 Å². The van der Waals surface area contributed by atoms with Crippen LogP contribution in [0.25, 0.3) is 10.9 Å². The third kappa shape index (κ3) is 2.88. The molecular formula is C18H14N2O6. The first-order valence-electron chi connectivity index (χ1n) is 7.56. The highest BCUT2D eigenvalue weighted by Gasteiger charge is 2.22. The number of rotatable bonds is 4. The number of nitro groups is 1. The Morgan fingerprint density at radius 1 is 1.12 bits per heavy atom. The minimum absolute atomic E-state index is 0.0747. The zero-order valence-electron chi connectivity index (χ0n) is 14.0. The van der Waals surface area contributed by atoms with E-state index in [4.69, 9.17) is 9.47 Å². The number of hydrogen-bond donors (Lipinski definition) is 0. The molecule has 0 N–H and O–H groups in total. The molecule has 0 aliphatic carbocycles. The van der Waals surface area contributed by atoms with E-state index in [1.165, 1.54) is 36.9 Å². The predicted molar refractivity (Wildman–Crippen MR) is 93.8 cm³/mol. The van der Waals surface area contributed by atoms with Crippen LogP contribution in [0.2, 0.25) is 0 Å². The van der Waals surface area contributed by atoms with Gasteiger partial charge in [0, 0.05) is 24.6 Å². The van der Waals surface area contributed by atoms with Gasteiger partial charge in [-0.25, -0.2) is 4.79 Å². The van der Waals surface area contributed by atoms with Gasteiger partial charge in [0.15, 0.2) is 5.75 Å². The Bertz CT molecular complexity index is 1070. The van der Waals surface area contributed by atoms with Gasteiger partial charge in [0.1, 0.15) is 0 Å². The Kier molecular flexibility index (Phi) is 4.40. The summed E-state index contributed by atoms with van der Waals surface area (Å²) in [5.41, 5.74) is -0.208. The molecule has 0 atom stereocenters. The second kappa shape index (κ2) is 6.67. The molecule has 0 spiro atoms. The monoisotopic (exact) mass is 354 g/mol. The molecule has 0 amide bonds. The Morgan fingerprint density at radius 3 is 2.42 bits per heavy atom. The van der Waals surface area contributed by atoms with Crippen LogP contribution in [0, 0.1) is 10.1 Å². The zero-order valence-corrected chi connectivity index (χ0v) is 14.0. The van der Waals surface area contributed by atoms with E-state index in [0.29, 0.717) is 10.9 Å². The number of ether oxygens (including phenoxy) is 2. The van der Waals surface area contributed by atoms with Crippen molar-refractivity contribution in [3.63, 3.8) is 0 Å². The molecule has 132 valence electrons. The zero-order chi connectivity index (χ0) is 18.8. The molecule has 8 heteroatoms. The van der Waals surface area contributed by atoms with Gasteiger partial charge in [-0.2, -0.15) is 0 Å². The van der Waals surface area contributed by atoms with Crippen LogP contribution in [0.4, 0.5) is 5.69 Å². The van der Waals surface area contributed by atoms with Crippen molar-refractivity contribution >= 4 is 22.6 Å². The lowest BCUT2D eigenvalue weighted by atomic mass is 10.1. The summed E-state index contributed by atoms with van der Waals surface area (Å²) < 4.78 is 11.8. The molecule has 0 aliphatic heterocycles. The Hall–Kier alpha value is -3.68. The van der Waals surface area contributed by atoms with E-state index in [2.05, 4.69) is 0 Å². The van der Waals surface area contributed by atoms with Gasteiger partial charge in [-0.1, -0.05) is 18.2 Å². The lowest BCUT2D eigenvalue weighted by molar-refractivity contribution is -0.384. The van der Waals surface area contributed by atoms with Gasteiger partial charge < -0.3 is 14.0 Å².